The topological polar surface area (TPSA) is 74.0 Å². The summed E-state index contributed by atoms with van der Waals surface area (Å²) in [4.78, 5) is 21.0. The van der Waals surface area contributed by atoms with Gasteiger partial charge in [-0.25, -0.2) is 0 Å². The van der Waals surface area contributed by atoms with Gasteiger partial charge in [-0.05, 0) is 35.9 Å². The van der Waals surface area contributed by atoms with Gasteiger partial charge in [0, 0.05) is 54.9 Å². The Hall–Kier alpha value is -2.73. The van der Waals surface area contributed by atoms with Gasteiger partial charge >= 0.3 is 0 Å². The number of fused-ring (bicyclic) bond motifs is 1. The van der Waals surface area contributed by atoms with Crippen LogP contribution < -0.4 is 16.0 Å². The summed E-state index contributed by atoms with van der Waals surface area (Å²) in [6.45, 7) is 3.92. The molecule has 7 heteroatoms. The van der Waals surface area contributed by atoms with E-state index in [9.17, 15) is 4.79 Å². The summed E-state index contributed by atoms with van der Waals surface area (Å²) in [6, 6.07) is 15.8. The molecule has 4 rings (SSSR count). The molecule has 0 bridgehead atoms. The predicted molar refractivity (Wildman–Crippen MR) is 114 cm³/mol. The first-order valence-electron chi connectivity index (χ1n) is 9.54. The molecular weight excluding hydrogens is 374 g/mol. The van der Waals surface area contributed by atoms with Crippen LogP contribution in [0.2, 0.25) is 5.02 Å². The Bertz CT molecular complexity index is 875. The molecule has 1 unspecified atom stereocenters. The third-order valence-electron chi connectivity index (χ3n) is 5.38. The zero-order valence-electron chi connectivity index (χ0n) is 15.6. The smallest absolute Gasteiger partial charge is 0.225 e. The van der Waals surface area contributed by atoms with Crippen molar-refractivity contribution in [2.24, 2.45) is 10.7 Å². The first-order chi connectivity index (χ1) is 13.6. The summed E-state index contributed by atoms with van der Waals surface area (Å²) < 4.78 is 0. The van der Waals surface area contributed by atoms with Gasteiger partial charge in [-0.15, -0.1) is 0 Å². The molecule has 2 heterocycles. The zero-order chi connectivity index (χ0) is 19.5. The highest BCUT2D eigenvalue weighted by Gasteiger charge is 2.25. The monoisotopic (exact) mass is 397 g/mol. The molecule has 0 aliphatic carbocycles. The van der Waals surface area contributed by atoms with Gasteiger partial charge in [-0.2, -0.15) is 0 Å². The van der Waals surface area contributed by atoms with Gasteiger partial charge < -0.3 is 20.9 Å². The molecule has 0 aromatic heterocycles. The summed E-state index contributed by atoms with van der Waals surface area (Å²) in [5.41, 5.74) is 9.45. The molecule has 2 aliphatic rings. The SMILES string of the molecule is NC(=NCC1CC(=O)Nc2ccccc21)N1CCN(c2ccc(Cl)cc2)CC1. The van der Waals surface area contributed by atoms with Crippen molar-refractivity contribution in [2.45, 2.75) is 12.3 Å². The van der Waals surface area contributed by atoms with Gasteiger partial charge in [0.25, 0.3) is 0 Å². The van der Waals surface area contributed by atoms with Crippen LogP contribution in [0.5, 0.6) is 0 Å². The number of nitrogens with one attached hydrogen (secondary N) is 1. The molecule has 1 saturated heterocycles. The van der Waals surface area contributed by atoms with Crippen LogP contribution in [0, 0.1) is 0 Å². The lowest BCUT2D eigenvalue weighted by atomic mass is 9.91. The average molecular weight is 398 g/mol. The van der Waals surface area contributed by atoms with E-state index < -0.39 is 0 Å². The molecule has 0 spiro atoms. The van der Waals surface area contributed by atoms with Gasteiger partial charge in [0.15, 0.2) is 5.96 Å². The fraction of sp³-hybridized carbons (Fsp3) is 0.333. The van der Waals surface area contributed by atoms with Crippen molar-refractivity contribution < 1.29 is 4.79 Å². The van der Waals surface area contributed by atoms with E-state index in [0.717, 1.165) is 42.5 Å². The largest absolute Gasteiger partial charge is 0.370 e. The Kier molecular flexibility index (Phi) is 5.39. The third-order valence-corrected chi connectivity index (χ3v) is 5.63. The molecule has 6 nitrogen and oxygen atoms in total. The third kappa shape index (κ3) is 4.07. The molecule has 2 aliphatic heterocycles. The summed E-state index contributed by atoms with van der Waals surface area (Å²) in [5, 5.41) is 3.67. The highest BCUT2D eigenvalue weighted by Crippen LogP contribution is 2.32. The number of hydrogen-bond acceptors (Lipinski definition) is 3. The molecule has 1 atom stereocenters. The number of rotatable bonds is 3. The van der Waals surface area contributed by atoms with Gasteiger partial charge in [-0.1, -0.05) is 29.8 Å². The van der Waals surface area contributed by atoms with Crippen molar-refractivity contribution in [1.29, 1.82) is 0 Å². The Morgan fingerprint density at radius 1 is 1.11 bits per heavy atom. The van der Waals surface area contributed by atoms with Crippen molar-refractivity contribution >= 4 is 34.8 Å². The van der Waals surface area contributed by atoms with Crippen LogP contribution in [-0.4, -0.2) is 49.5 Å². The second kappa shape index (κ2) is 8.10. The number of benzene rings is 2. The fourth-order valence-corrected chi connectivity index (χ4v) is 3.94. The first kappa shape index (κ1) is 18.6. The van der Waals surface area contributed by atoms with Crippen LogP contribution in [-0.2, 0) is 4.79 Å². The standard InChI is InChI=1S/C21H24ClN5O/c22-16-5-7-17(8-6-16)26-9-11-27(12-10-26)21(23)24-14-15-13-20(28)25-19-4-2-1-3-18(15)19/h1-8,15H,9-14H2,(H2,23,24)(H,25,28). The Balaban J connectivity index is 1.36. The average Bonchev–Trinajstić information content (AvgIpc) is 2.72. The van der Waals surface area contributed by atoms with Gasteiger partial charge in [0.05, 0.1) is 6.54 Å². The maximum absolute atomic E-state index is 12.0. The molecule has 3 N–H and O–H groups in total. The van der Waals surface area contributed by atoms with E-state index in [4.69, 9.17) is 17.3 Å². The van der Waals surface area contributed by atoms with Crippen LogP contribution in [0.1, 0.15) is 17.9 Å². The van der Waals surface area contributed by atoms with Crippen LogP contribution in [0.3, 0.4) is 0 Å². The van der Waals surface area contributed by atoms with Crippen LogP contribution in [0.15, 0.2) is 53.5 Å². The number of hydrogen-bond donors (Lipinski definition) is 2. The Morgan fingerprint density at radius 2 is 1.82 bits per heavy atom. The molecule has 2 aromatic rings. The summed E-state index contributed by atoms with van der Waals surface area (Å²) in [7, 11) is 0. The fourth-order valence-electron chi connectivity index (χ4n) is 3.81. The lowest BCUT2D eigenvalue weighted by molar-refractivity contribution is -0.116. The quantitative estimate of drug-likeness (QED) is 0.617. The number of piperazine rings is 1. The van der Waals surface area contributed by atoms with Crippen LogP contribution >= 0.6 is 11.6 Å². The molecule has 28 heavy (non-hydrogen) atoms. The summed E-state index contributed by atoms with van der Waals surface area (Å²) in [6.07, 6.45) is 0.443. The van der Waals surface area contributed by atoms with E-state index in [-0.39, 0.29) is 11.8 Å². The van der Waals surface area contributed by atoms with E-state index in [0.29, 0.717) is 18.9 Å². The Morgan fingerprint density at radius 3 is 2.57 bits per heavy atom. The minimum Gasteiger partial charge on any atom is -0.370 e. The predicted octanol–water partition coefficient (Wildman–Crippen LogP) is 2.90. The van der Waals surface area contributed by atoms with Gasteiger partial charge in [0.1, 0.15) is 0 Å². The number of carbonyl (C=O) groups excluding carboxylic acids is 1. The van der Waals surface area contributed by atoms with Gasteiger partial charge in [0.2, 0.25) is 5.91 Å². The van der Waals surface area contributed by atoms with Crippen LogP contribution in [0.4, 0.5) is 11.4 Å². The maximum atomic E-state index is 12.0. The van der Waals surface area contributed by atoms with Crippen molar-refractivity contribution in [3.63, 3.8) is 0 Å². The number of anilines is 2. The number of nitrogens with zero attached hydrogens (tertiary/aromatic N) is 3. The lowest BCUT2D eigenvalue weighted by Gasteiger charge is -2.36. The first-order valence-corrected chi connectivity index (χ1v) is 9.92. The highest BCUT2D eigenvalue weighted by molar-refractivity contribution is 6.30. The number of amides is 1. The van der Waals surface area contributed by atoms with Crippen molar-refractivity contribution in [2.75, 3.05) is 42.9 Å². The maximum Gasteiger partial charge on any atom is 0.225 e. The number of aliphatic imine (C=N–C) groups is 1. The molecule has 146 valence electrons. The van der Waals surface area contributed by atoms with E-state index in [1.165, 1.54) is 5.69 Å². The molecule has 0 saturated carbocycles. The molecule has 1 fully saturated rings. The minimum absolute atomic E-state index is 0.0362. The van der Waals surface area contributed by atoms with E-state index in [1.807, 2.05) is 42.5 Å². The number of nitrogens with two attached hydrogens (primary N) is 1. The van der Waals surface area contributed by atoms with E-state index in [2.05, 4.69) is 26.2 Å². The van der Waals surface area contributed by atoms with Gasteiger partial charge in [-0.3, -0.25) is 9.79 Å². The van der Waals surface area contributed by atoms with Crippen molar-refractivity contribution in [3.8, 4) is 0 Å². The molecule has 1 amide bonds. The number of guanidine groups is 1. The number of para-hydroxylation sites is 1. The Labute approximate surface area is 170 Å². The molecular formula is C21H24ClN5O. The highest BCUT2D eigenvalue weighted by atomic mass is 35.5. The number of halogens is 1. The number of carbonyl (C=O) groups is 1. The molecule has 2 aromatic carbocycles. The van der Waals surface area contributed by atoms with E-state index >= 15 is 0 Å². The molecule has 0 radical (unpaired) electrons. The lowest BCUT2D eigenvalue weighted by Crippen LogP contribution is -2.51. The van der Waals surface area contributed by atoms with Crippen LogP contribution in [0.25, 0.3) is 0 Å². The summed E-state index contributed by atoms with van der Waals surface area (Å²) >= 11 is 5.97. The summed E-state index contributed by atoms with van der Waals surface area (Å²) in [5.74, 6) is 0.659. The van der Waals surface area contributed by atoms with E-state index in [1.54, 1.807) is 0 Å². The van der Waals surface area contributed by atoms with Crippen molar-refractivity contribution in [1.82, 2.24) is 4.90 Å². The normalized spacial score (nSPS) is 20.0. The second-order valence-corrected chi connectivity index (χ2v) is 7.62. The minimum atomic E-state index is 0.0362. The second-order valence-electron chi connectivity index (χ2n) is 7.19. The zero-order valence-corrected chi connectivity index (χ0v) is 16.4. The van der Waals surface area contributed by atoms with Crippen molar-refractivity contribution in [3.05, 3.63) is 59.1 Å².